The van der Waals surface area contributed by atoms with Gasteiger partial charge in [0.05, 0.1) is 13.0 Å². The summed E-state index contributed by atoms with van der Waals surface area (Å²) in [6.45, 7) is 0.589. The van der Waals surface area contributed by atoms with Crippen molar-refractivity contribution in [2.75, 3.05) is 13.7 Å². The van der Waals surface area contributed by atoms with Gasteiger partial charge in [0.1, 0.15) is 5.75 Å². The minimum atomic E-state index is -0.223. The Morgan fingerprint density at radius 1 is 1.00 bits per heavy atom. The first-order valence-corrected chi connectivity index (χ1v) is 9.11. The van der Waals surface area contributed by atoms with Gasteiger partial charge in [0.25, 0.3) is 0 Å². The molecule has 1 amide bonds. The SMILES string of the molecule is COc1cccc(CCNC(=O)C(Cc2ccncc2)c2ccccc2)c1. The number of hydrogen-bond donors (Lipinski definition) is 1. The molecule has 2 aromatic carbocycles. The highest BCUT2D eigenvalue weighted by Crippen LogP contribution is 2.21. The monoisotopic (exact) mass is 360 g/mol. The van der Waals surface area contributed by atoms with Crippen molar-refractivity contribution in [3.63, 3.8) is 0 Å². The summed E-state index contributed by atoms with van der Waals surface area (Å²) in [5, 5.41) is 3.09. The first-order valence-electron chi connectivity index (χ1n) is 9.11. The van der Waals surface area contributed by atoms with Gasteiger partial charge in [0, 0.05) is 18.9 Å². The molecule has 1 heterocycles. The number of aromatic nitrogens is 1. The second-order valence-corrected chi connectivity index (χ2v) is 6.42. The lowest BCUT2D eigenvalue weighted by Crippen LogP contribution is -2.32. The number of nitrogens with zero attached hydrogens (tertiary/aromatic N) is 1. The normalized spacial score (nSPS) is 11.6. The second-order valence-electron chi connectivity index (χ2n) is 6.42. The standard InChI is InChI=1S/C23H24N2O2/c1-27-21-9-5-6-18(16-21)12-15-25-23(26)22(20-7-3-2-4-8-20)17-19-10-13-24-14-11-19/h2-11,13-14,16,22H,12,15,17H2,1H3,(H,25,26). The minimum absolute atomic E-state index is 0.0425. The molecule has 0 aliphatic heterocycles. The number of methoxy groups -OCH3 is 1. The summed E-state index contributed by atoms with van der Waals surface area (Å²) in [6.07, 6.45) is 4.94. The summed E-state index contributed by atoms with van der Waals surface area (Å²) in [5.74, 6) is 0.651. The summed E-state index contributed by atoms with van der Waals surface area (Å²) >= 11 is 0. The van der Waals surface area contributed by atoms with Crippen LogP contribution in [-0.2, 0) is 17.6 Å². The van der Waals surface area contributed by atoms with E-state index in [1.54, 1.807) is 19.5 Å². The number of carbonyl (C=O) groups excluding carboxylic acids is 1. The van der Waals surface area contributed by atoms with Crippen molar-refractivity contribution in [2.45, 2.75) is 18.8 Å². The van der Waals surface area contributed by atoms with Gasteiger partial charge in [-0.2, -0.15) is 0 Å². The van der Waals surface area contributed by atoms with Crippen LogP contribution in [0.1, 0.15) is 22.6 Å². The van der Waals surface area contributed by atoms with E-state index in [2.05, 4.69) is 10.3 Å². The second kappa shape index (κ2) is 9.53. The van der Waals surface area contributed by atoms with Gasteiger partial charge in [-0.05, 0) is 53.8 Å². The number of rotatable bonds is 8. The van der Waals surface area contributed by atoms with Crippen LogP contribution in [0.25, 0.3) is 0 Å². The maximum Gasteiger partial charge on any atom is 0.227 e. The number of ether oxygens (including phenoxy) is 1. The maximum absolute atomic E-state index is 12.9. The van der Waals surface area contributed by atoms with Gasteiger partial charge in [-0.3, -0.25) is 9.78 Å². The Hall–Kier alpha value is -3.14. The molecule has 27 heavy (non-hydrogen) atoms. The van der Waals surface area contributed by atoms with E-state index in [-0.39, 0.29) is 11.8 Å². The van der Waals surface area contributed by atoms with E-state index in [9.17, 15) is 4.79 Å². The third kappa shape index (κ3) is 5.42. The van der Waals surface area contributed by atoms with Crippen LogP contribution in [0.15, 0.2) is 79.1 Å². The Balaban J connectivity index is 1.65. The van der Waals surface area contributed by atoms with Crippen LogP contribution in [-0.4, -0.2) is 24.5 Å². The molecule has 1 aromatic heterocycles. The fourth-order valence-corrected chi connectivity index (χ4v) is 3.08. The van der Waals surface area contributed by atoms with Gasteiger partial charge < -0.3 is 10.1 Å². The molecule has 1 N–H and O–H groups in total. The summed E-state index contributed by atoms with van der Waals surface area (Å²) in [6, 6.07) is 21.8. The number of pyridine rings is 1. The van der Waals surface area contributed by atoms with E-state index in [1.807, 2.05) is 66.7 Å². The largest absolute Gasteiger partial charge is 0.497 e. The first kappa shape index (κ1) is 18.6. The molecule has 0 radical (unpaired) electrons. The van der Waals surface area contributed by atoms with Gasteiger partial charge in [-0.25, -0.2) is 0 Å². The van der Waals surface area contributed by atoms with Crippen LogP contribution in [0.4, 0.5) is 0 Å². The molecule has 0 saturated heterocycles. The lowest BCUT2D eigenvalue weighted by atomic mass is 9.91. The summed E-state index contributed by atoms with van der Waals surface area (Å²) in [4.78, 5) is 17.0. The quantitative estimate of drug-likeness (QED) is 0.665. The Morgan fingerprint density at radius 2 is 1.78 bits per heavy atom. The Morgan fingerprint density at radius 3 is 2.52 bits per heavy atom. The Kier molecular flexibility index (Phi) is 6.58. The molecule has 1 unspecified atom stereocenters. The van der Waals surface area contributed by atoms with Crippen molar-refractivity contribution in [3.8, 4) is 5.75 Å². The lowest BCUT2D eigenvalue weighted by Gasteiger charge is -2.17. The molecule has 0 fully saturated rings. The van der Waals surface area contributed by atoms with Crippen molar-refractivity contribution < 1.29 is 9.53 Å². The Bertz CT molecular complexity index is 851. The van der Waals surface area contributed by atoms with Crippen LogP contribution < -0.4 is 10.1 Å². The van der Waals surface area contributed by atoms with Gasteiger partial charge >= 0.3 is 0 Å². The van der Waals surface area contributed by atoms with E-state index in [4.69, 9.17) is 4.74 Å². The van der Waals surface area contributed by atoms with E-state index in [0.717, 1.165) is 28.9 Å². The smallest absolute Gasteiger partial charge is 0.227 e. The average Bonchev–Trinajstić information content (AvgIpc) is 2.73. The number of benzene rings is 2. The first-order chi connectivity index (χ1) is 13.3. The maximum atomic E-state index is 12.9. The molecular formula is C23H24N2O2. The van der Waals surface area contributed by atoms with Crippen molar-refractivity contribution in [2.24, 2.45) is 0 Å². The zero-order valence-corrected chi connectivity index (χ0v) is 15.5. The molecule has 0 aliphatic rings. The van der Waals surface area contributed by atoms with Crippen LogP contribution in [0.5, 0.6) is 5.75 Å². The molecule has 0 bridgehead atoms. The molecule has 1 atom stereocenters. The van der Waals surface area contributed by atoms with E-state index < -0.39 is 0 Å². The molecule has 0 saturated carbocycles. The molecular weight excluding hydrogens is 336 g/mol. The van der Waals surface area contributed by atoms with E-state index in [1.165, 1.54) is 0 Å². The predicted molar refractivity (Wildman–Crippen MR) is 107 cm³/mol. The van der Waals surface area contributed by atoms with Crippen LogP contribution >= 0.6 is 0 Å². The predicted octanol–water partition coefficient (Wildman–Crippen LogP) is 3.78. The fourth-order valence-electron chi connectivity index (χ4n) is 3.08. The number of nitrogens with one attached hydrogen (secondary N) is 1. The number of amides is 1. The van der Waals surface area contributed by atoms with Gasteiger partial charge in [0.2, 0.25) is 5.91 Å². The minimum Gasteiger partial charge on any atom is -0.497 e. The zero-order valence-electron chi connectivity index (χ0n) is 15.5. The van der Waals surface area contributed by atoms with Crippen molar-refractivity contribution in [1.29, 1.82) is 0 Å². The molecule has 3 aromatic rings. The molecule has 0 spiro atoms. The topological polar surface area (TPSA) is 51.2 Å². The third-order valence-electron chi connectivity index (χ3n) is 4.55. The van der Waals surface area contributed by atoms with Crippen molar-refractivity contribution in [3.05, 3.63) is 95.8 Å². The molecule has 4 heteroatoms. The van der Waals surface area contributed by atoms with Crippen LogP contribution in [0.2, 0.25) is 0 Å². The number of hydrogen-bond acceptors (Lipinski definition) is 3. The van der Waals surface area contributed by atoms with Crippen LogP contribution in [0, 0.1) is 0 Å². The van der Waals surface area contributed by atoms with Crippen molar-refractivity contribution in [1.82, 2.24) is 10.3 Å². The molecule has 0 aliphatic carbocycles. The van der Waals surface area contributed by atoms with Gasteiger partial charge in [-0.1, -0.05) is 42.5 Å². The highest BCUT2D eigenvalue weighted by Gasteiger charge is 2.20. The van der Waals surface area contributed by atoms with E-state index in [0.29, 0.717) is 13.0 Å². The fraction of sp³-hybridized carbons (Fsp3) is 0.217. The molecule has 138 valence electrons. The molecule has 4 nitrogen and oxygen atoms in total. The molecule has 3 rings (SSSR count). The van der Waals surface area contributed by atoms with Crippen molar-refractivity contribution >= 4 is 5.91 Å². The zero-order chi connectivity index (χ0) is 18.9. The summed E-state index contributed by atoms with van der Waals surface area (Å²) in [5.41, 5.74) is 3.26. The average molecular weight is 360 g/mol. The van der Waals surface area contributed by atoms with Gasteiger partial charge in [0.15, 0.2) is 0 Å². The summed E-state index contributed by atoms with van der Waals surface area (Å²) < 4.78 is 5.25. The lowest BCUT2D eigenvalue weighted by molar-refractivity contribution is -0.122. The number of carbonyl (C=O) groups is 1. The highest BCUT2D eigenvalue weighted by atomic mass is 16.5. The third-order valence-corrected chi connectivity index (χ3v) is 4.55. The summed E-state index contributed by atoms with van der Waals surface area (Å²) in [7, 11) is 1.66. The van der Waals surface area contributed by atoms with Gasteiger partial charge in [-0.15, -0.1) is 0 Å². The Labute approximate surface area is 160 Å². The van der Waals surface area contributed by atoms with Crippen LogP contribution in [0.3, 0.4) is 0 Å². The van der Waals surface area contributed by atoms with E-state index >= 15 is 0 Å². The highest BCUT2D eigenvalue weighted by molar-refractivity contribution is 5.84.